The Morgan fingerprint density at radius 1 is 1.54 bits per heavy atom. The molecular formula is C9H13NOS2. The van der Waals surface area contributed by atoms with Crippen LogP contribution in [0.3, 0.4) is 0 Å². The molecule has 4 heteroatoms. The van der Waals surface area contributed by atoms with Gasteiger partial charge in [0.05, 0.1) is 16.5 Å². The van der Waals surface area contributed by atoms with Gasteiger partial charge in [0.1, 0.15) is 0 Å². The van der Waals surface area contributed by atoms with Gasteiger partial charge in [-0.2, -0.15) is 0 Å². The lowest BCUT2D eigenvalue weighted by atomic mass is 10.2. The molecule has 0 fully saturated rings. The molecule has 72 valence electrons. The highest BCUT2D eigenvalue weighted by molar-refractivity contribution is 7.84. The summed E-state index contributed by atoms with van der Waals surface area (Å²) in [5.41, 5.74) is 1.10. The van der Waals surface area contributed by atoms with Crippen LogP contribution in [0.5, 0.6) is 0 Å². The minimum Gasteiger partial charge on any atom is -0.259 e. The number of hydrogen-bond donors (Lipinski definition) is 0. The van der Waals surface area contributed by atoms with Crippen LogP contribution in [-0.4, -0.2) is 14.9 Å². The first-order valence-electron chi connectivity index (χ1n) is 4.50. The molecule has 0 N–H and O–H groups in total. The third-order valence-corrected chi connectivity index (χ3v) is 4.86. The van der Waals surface area contributed by atoms with E-state index in [9.17, 15) is 4.21 Å². The van der Waals surface area contributed by atoms with Crippen molar-refractivity contribution in [3.05, 3.63) is 15.6 Å². The Hall–Kier alpha value is -0.220. The number of thiazole rings is 1. The van der Waals surface area contributed by atoms with Crippen molar-refractivity contribution in [2.24, 2.45) is 0 Å². The lowest BCUT2D eigenvalue weighted by Gasteiger charge is -2.07. The summed E-state index contributed by atoms with van der Waals surface area (Å²) in [6.45, 7) is 4.31. The summed E-state index contributed by atoms with van der Waals surface area (Å²) in [6.07, 6.45) is 0.965. The topological polar surface area (TPSA) is 30.0 Å². The monoisotopic (exact) mass is 215 g/mol. The summed E-state index contributed by atoms with van der Waals surface area (Å²) < 4.78 is 11.3. The van der Waals surface area contributed by atoms with Gasteiger partial charge in [0.25, 0.3) is 0 Å². The van der Waals surface area contributed by atoms with Crippen molar-refractivity contribution in [3.63, 3.8) is 0 Å². The highest BCUT2D eigenvalue weighted by Crippen LogP contribution is 2.28. The first kappa shape index (κ1) is 9.34. The van der Waals surface area contributed by atoms with Gasteiger partial charge in [-0.15, -0.1) is 11.3 Å². The molecule has 1 aliphatic rings. The van der Waals surface area contributed by atoms with Gasteiger partial charge in [-0.25, -0.2) is 4.98 Å². The molecule has 0 radical (unpaired) electrons. The van der Waals surface area contributed by atoms with Crippen molar-refractivity contribution in [2.45, 2.75) is 31.9 Å². The largest absolute Gasteiger partial charge is 0.259 e. The van der Waals surface area contributed by atoms with Gasteiger partial charge < -0.3 is 0 Å². The van der Waals surface area contributed by atoms with Crippen LogP contribution in [0.25, 0.3) is 0 Å². The van der Waals surface area contributed by atoms with Crippen LogP contribution in [0.1, 0.15) is 35.3 Å². The van der Waals surface area contributed by atoms with Gasteiger partial charge >= 0.3 is 0 Å². The smallest absolute Gasteiger partial charge is 0.0956 e. The van der Waals surface area contributed by atoms with Crippen molar-refractivity contribution in [3.8, 4) is 0 Å². The Kier molecular flexibility index (Phi) is 2.51. The zero-order valence-electron chi connectivity index (χ0n) is 7.87. The fourth-order valence-electron chi connectivity index (χ4n) is 1.39. The molecule has 13 heavy (non-hydrogen) atoms. The number of hydrogen-bond acceptors (Lipinski definition) is 3. The lowest BCUT2D eigenvalue weighted by molar-refractivity contribution is 0.679. The van der Waals surface area contributed by atoms with Gasteiger partial charge in [0, 0.05) is 27.3 Å². The molecule has 1 aromatic heterocycles. The van der Waals surface area contributed by atoms with E-state index in [0.717, 1.165) is 17.9 Å². The number of rotatable bonds is 1. The van der Waals surface area contributed by atoms with Crippen LogP contribution >= 0.6 is 11.3 Å². The van der Waals surface area contributed by atoms with Crippen LogP contribution in [0.2, 0.25) is 0 Å². The van der Waals surface area contributed by atoms with E-state index < -0.39 is 10.8 Å². The van der Waals surface area contributed by atoms with Gasteiger partial charge in [-0.05, 0) is 6.42 Å². The average Bonchev–Trinajstić information content (AvgIpc) is 2.46. The molecule has 1 atom stereocenters. The number of nitrogens with zero attached hydrogens (tertiary/aromatic N) is 1. The Bertz CT molecular complexity index is 343. The van der Waals surface area contributed by atoms with Crippen LogP contribution in [0.4, 0.5) is 0 Å². The molecule has 2 rings (SSSR count). The molecule has 0 aromatic carbocycles. The highest BCUT2D eigenvalue weighted by Gasteiger charge is 2.20. The highest BCUT2D eigenvalue weighted by atomic mass is 32.2. The molecule has 1 aromatic rings. The molecule has 0 bridgehead atoms. The van der Waals surface area contributed by atoms with E-state index in [2.05, 4.69) is 18.8 Å². The van der Waals surface area contributed by atoms with Crippen molar-refractivity contribution < 1.29 is 4.21 Å². The van der Waals surface area contributed by atoms with E-state index in [4.69, 9.17) is 0 Å². The fourth-order valence-corrected chi connectivity index (χ4v) is 3.81. The maximum atomic E-state index is 11.3. The molecule has 2 heterocycles. The summed E-state index contributed by atoms with van der Waals surface area (Å²) in [5.74, 6) is 2.01. The molecular weight excluding hydrogens is 202 g/mol. The molecule has 0 saturated heterocycles. The quantitative estimate of drug-likeness (QED) is 0.718. The SMILES string of the molecule is CC(C)c1nc2c(s1)CCS(=O)C2. The van der Waals surface area contributed by atoms with Crippen LogP contribution in [0, 0.1) is 0 Å². The van der Waals surface area contributed by atoms with Crippen molar-refractivity contribution in [1.29, 1.82) is 0 Å². The van der Waals surface area contributed by atoms with Crippen molar-refractivity contribution in [1.82, 2.24) is 4.98 Å². The summed E-state index contributed by atoms with van der Waals surface area (Å²) in [7, 11) is -0.657. The van der Waals surface area contributed by atoms with Crippen LogP contribution in [0.15, 0.2) is 0 Å². The average molecular weight is 215 g/mol. The van der Waals surface area contributed by atoms with Gasteiger partial charge in [-0.3, -0.25) is 4.21 Å². The third kappa shape index (κ3) is 1.83. The maximum absolute atomic E-state index is 11.3. The van der Waals surface area contributed by atoms with E-state index in [1.165, 1.54) is 9.88 Å². The Morgan fingerprint density at radius 3 is 3.00 bits per heavy atom. The molecule has 0 aliphatic carbocycles. The first-order valence-corrected chi connectivity index (χ1v) is 6.80. The molecule has 1 unspecified atom stereocenters. The summed E-state index contributed by atoms with van der Waals surface area (Å²) in [5, 5.41) is 1.20. The predicted molar refractivity (Wildman–Crippen MR) is 56.6 cm³/mol. The number of fused-ring (bicyclic) bond motifs is 1. The second-order valence-corrected chi connectivity index (χ2v) is 6.31. The Labute approximate surface area is 84.8 Å². The van der Waals surface area contributed by atoms with Crippen molar-refractivity contribution >= 4 is 22.1 Å². The lowest BCUT2D eigenvalue weighted by Crippen LogP contribution is -2.11. The minimum absolute atomic E-state index is 0.504. The normalized spacial score (nSPS) is 21.9. The Morgan fingerprint density at radius 2 is 2.31 bits per heavy atom. The molecule has 0 amide bonds. The van der Waals surface area contributed by atoms with Crippen LogP contribution in [-0.2, 0) is 23.0 Å². The van der Waals surface area contributed by atoms with Gasteiger partial charge in [-0.1, -0.05) is 13.8 Å². The molecule has 0 saturated carbocycles. The van der Waals surface area contributed by atoms with E-state index >= 15 is 0 Å². The summed E-state index contributed by atoms with van der Waals surface area (Å²) in [6, 6.07) is 0. The predicted octanol–water partition coefficient (Wildman–Crippen LogP) is 2.07. The number of aryl methyl sites for hydroxylation is 1. The van der Waals surface area contributed by atoms with Gasteiger partial charge in [0.2, 0.25) is 0 Å². The molecule has 2 nitrogen and oxygen atoms in total. The Balaban J connectivity index is 2.33. The van der Waals surface area contributed by atoms with Crippen LogP contribution < -0.4 is 0 Å². The second kappa shape index (κ2) is 3.50. The first-order chi connectivity index (χ1) is 6.16. The zero-order valence-corrected chi connectivity index (χ0v) is 9.50. The summed E-state index contributed by atoms with van der Waals surface area (Å²) in [4.78, 5) is 5.89. The minimum atomic E-state index is -0.657. The molecule has 1 aliphatic heterocycles. The number of aromatic nitrogens is 1. The molecule has 0 spiro atoms. The second-order valence-electron chi connectivity index (χ2n) is 3.61. The van der Waals surface area contributed by atoms with Gasteiger partial charge in [0.15, 0.2) is 0 Å². The maximum Gasteiger partial charge on any atom is 0.0956 e. The van der Waals surface area contributed by atoms with Crippen molar-refractivity contribution in [2.75, 3.05) is 5.75 Å². The standard InChI is InChI=1S/C9H13NOS2/c1-6(2)9-10-7-5-13(11)4-3-8(7)12-9/h6H,3-5H2,1-2H3. The third-order valence-electron chi connectivity index (χ3n) is 2.14. The van der Waals surface area contributed by atoms with E-state index in [1.807, 2.05) is 0 Å². The fraction of sp³-hybridized carbons (Fsp3) is 0.667. The van der Waals surface area contributed by atoms with E-state index in [1.54, 1.807) is 11.3 Å². The zero-order chi connectivity index (χ0) is 9.42. The van der Waals surface area contributed by atoms with E-state index in [-0.39, 0.29) is 0 Å². The summed E-state index contributed by atoms with van der Waals surface area (Å²) >= 11 is 1.80. The van der Waals surface area contributed by atoms with E-state index in [0.29, 0.717) is 11.7 Å².